The summed E-state index contributed by atoms with van der Waals surface area (Å²) in [7, 11) is 0. The summed E-state index contributed by atoms with van der Waals surface area (Å²) in [6, 6.07) is 16.9. The fourth-order valence-corrected chi connectivity index (χ4v) is 5.19. The summed E-state index contributed by atoms with van der Waals surface area (Å²) in [6.07, 6.45) is 2.30. The third-order valence-corrected chi connectivity index (χ3v) is 7.36. The van der Waals surface area contributed by atoms with Gasteiger partial charge in [0.15, 0.2) is 0 Å². The van der Waals surface area contributed by atoms with Crippen LogP contribution >= 0.6 is 11.6 Å². The number of furan rings is 1. The second-order valence-electron chi connectivity index (χ2n) is 9.38. The first-order valence-electron chi connectivity index (χ1n) is 12.3. The molecule has 2 aliphatic heterocycles. The highest BCUT2D eigenvalue weighted by Crippen LogP contribution is 2.39. The van der Waals surface area contributed by atoms with E-state index >= 15 is 0 Å². The molecule has 1 atom stereocenters. The maximum Gasteiger partial charge on any atom is 0.256 e. The van der Waals surface area contributed by atoms with E-state index in [-0.39, 0.29) is 30.9 Å². The number of aryl methyl sites for hydroxylation is 1. The number of ether oxygens (including phenoxy) is 1. The third kappa shape index (κ3) is 4.99. The quantitative estimate of drug-likeness (QED) is 0.547. The summed E-state index contributed by atoms with van der Waals surface area (Å²) in [4.78, 5) is 43.5. The van der Waals surface area contributed by atoms with Crippen LogP contribution in [0.5, 0.6) is 0 Å². The number of hydrogen-bond donors (Lipinski definition) is 1. The molecule has 0 bridgehead atoms. The number of nitrogens with zero attached hydrogens (tertiary/aromatic N) is 2. The molecule has 192 valence electrons. The molecule has 8 nitrogen and oxygen atoms in total. The molecule has 0 aliphatic carbocycles. The number of amides is 3. The van der Waals surface area contributed by atoms with Gasteiger partial charge in [0.05, 0.1) is 30.0 Å². The van der Waals surface area contributed by atoms with Gasteiger partial charge in [-0.25, -0.2) is 0 Å². The van der Waals surface area contributed by atoms with E-state index in [4.69, 9.17) is 20.8 Å². The summed E-state index contributed by atoms with van der Waals surface area (Å²) in [5.74, 6) is -0.141. The minimum Gasteiger partial charge on any atom is -0.467 e. The molecule has 0 saturated carbocycles. The van der Waals surface area contributed by atoms with Gasteiger partial charge in [0, 0.05) is 31.5 Å². The number of rotatable bonds is 5. The number of carbonyl (C=O) groups is 3. The lowest BCUT2D eigenvalue weighted by Gasteiger charge is -2.44. The molecular formula is C28H28ClN3O5. The largest absolute Gasteiger partial charge is 0.467 e. The molecule has 1 aromatic heterocycles. The predicted octanol–water partition coefficient (Wildman–Crippen LogP) is 4.03. The number of halogens is 1. The first-order chi connectivity index (χ1) is 17.9. The van der Waals surface area contributed by atoms with E-state index in [0.29, 0.717) is 47.8 Å². The maximum atomic E-state index is 13.8. The smallest absolute Gasteiger partial charge is 0.256 e. The molecule has 9 heteroatoms. The standard InChI is InChI=1S/C28H28ClN3O5/c1-19-8-10-20(11-9-19)26(34)32-24(25(33)30-17-21-5-4-16-36-21)18-37-28(32)12-14-31(15-13-28)27(35)22-6-2-3-7-23(22)29/h2-11,16,24H,12-15,17-18H2,1H3,(H,30,33)/t24-/m0/s1. The van der Waals surface area contributed by atoms with Gasteiger partial charge in [0.2, 0.25) is 5.91 Å². The number of piperidine rings is 1. The Morgan fingerprint density at radius 3 is 2.41 bits per heavy atom. The molecule has 0 unspecified atom stereocenters. The summed E-state index contributed by atoms with van der Waals surface area (Å²) in [6.45, 7) is 2.96. The van der Waals surface area contributed by atoms with Gasteiger partial charge in [0.1, 0.15) is 17.5 Å². The highest BCUT2D eigenvalue weighted by Gasteiger charge is 2.54. The van der Waals surface area contributed by atoms with E-state index in [1.807, 2.05) is 19.1 Å². The van der Waals surface area contributed by atoms with Crippen molar-refractivity contribution in [3.8, 4) is 0 Å². The number of carbonyl (C=O) groups excluding carboxylic acids is 3. The van der Waals surface area contributed by atoms with Crippen LogP contribution in [0.3, 0.4) is 0 Å². The summed E-state index contributed by atoms with van der Waals surface area (Å²) < 4.78 is 11.6. The SMILES string of the molecule is Cc1ccc(C(=O)N2[C@H](C(=O)NCc3ccco3)COC23CCN(C(=O)c2ccccc2Cl)CC3)cc1. The highest BCUT2D eigenvalue weighted by atomic mass is 35.5. The van der Waals surface area contributed by atoms with Crippen molar-refractivity contribution in [3.63, 3.8) is 0 Å². The van der Waals surface area contributed by atoms with Crippen LogP contribution < -0.4 is 5.32 Å². The zero-order valence-corrected chi connectivity index (χ0v) is 21.2. The monoisotopic (exact) mass is 521 g/mol. The van der Waals surface area contributed by atoms with Gasteiger partial charge < -0.3 is 19.4 Å². The van der Waals surface area contributed by atoms with Crippen molar-refractivity contribution in [2.45, 2.75) is 38.1 Å². The Labute approximate surface area is 220 Å². The summed E-state index contributed by atoms with van der Waals surface area (Å²) in [5, 5.41) is 3.26. The lowest BCUT2D eigenvalue weighted by atomic mass is 9.96. The molecule has 3 amide bonds. The molecule has 1 spiro atoms. The second-order valence-corrected chi connectivity index (χ2v) is 9.79. The Bertz CT molecular complexity index is 1280. The Kier molecular flexibility index (Phi) is 7.04. The van der Waals surface area contributed by atoms with Crippen LogP contribution in [0.4, 0.5) is 0 Å². The fourth-order valence-electron chi connectivity index (χ4n) is 4.97. The predicted molar refractivity (Wildman–Crippen MR) is 137 cm³/mol. The van der Waals surface area contributed by atoms with Crippen LogP contribution in [0.25, 0.3) is 0 Å². The van der Waals surface area contributed by atoms with E-state index in [0.717, 1.165) is 5.56 Å². The first kappa shape index (κ1) is 25.0. The molecule has 2 fully saturated rings. The van der Waals surface area contributed by atoms with Crippen LogP contribution in [0.1, 0.15) is 44.9 Å². The van der Waals surface area contributed by atoms with Gasteiger partial charge in [-0.05, 0) is 43.3 Å². The molecule has 3 aromatic rings. The average Bonchev–Trinajstić information content (AvgIpc) is 3.56. The van der Waals surface area contributed by atoms with E-state index in [2.05, 4.69) is 5.32 Å². The Morgan fingerprint density at radius 1 is 1.00 bits per heavy atom. The number of nitrogens with one attached hydrogen (secondary N) is 1. The second kappa shape index (κ2) is 10.4. The van der Waals surface area contributed by atoms with Crippen LogP contribution in [0.15, 0.2) is 71.3 Å². The van der Waals surface area contributed by atoms with E-state index in [9.17, 15) is 14.4 Å². The number of likely N-dealkylation sites (tertiary alicyclic amines) is 1. The third-order valence-electron chi connectivity index (χ3n) is 7.03. The topological polar surface area (TPSA) is 92.1 Å². The molecule has 0 radical (unpaired) electrons. The van der Waals surface area contributed by atoms with Crippen molar-refractivity contribution in [2.75, 3.05) is 19.7 Å². The van der Waals surface area contributed by atoms with Crippen molar-refractivity contribution in [3.05, 3.63) is 94.4 Å². The van der Waals surface area contributed by atoms with Crippen molar-refractivity contribution in [2.24, 2.45) is 0 Å². The van der Waals surface area contributed by atoms with Gasteiger partial charge in [-0.2, -0.15) is 0 Å². The molecule has 5 rings (SSSR count). The number of hydrogen-bond acceptors (Lipinski definition) is 5. The van der Waals surface area contributed by atoms with Gasteiger partial charge in [0.25, 0.3) is 11.8 Å². The molecular weight excluding hydrogens is 494 g/mol. The number of benzene rings is 2. The fraction of sp³-hybridized carbons (Fsp3) is 0.321. The van der Waals surface area contributed by atoms with Crippen molar-refractivity contribution in [1.29, 1.82) is 0 Å². The first-order valence-corrected chi connectivity index (χ1v) is 12.6. The summed E-state index contributed by atoms with van der Waals surface area (Å²) >= 11 is 6.25. The average molecular weight is 522 g/mol. The Morgan fingerprint density at radius 2 is 1.73 bits per heavy atom. The van der Waals surface area contributed by atoms with Crippen molar-refractivity contribution in [1.82, 2.24) is 15.1 Å². The van der Waals surface area contributed by atoms with Gasteiger partial charge in [-0.3, -0.25) is 19.3 Å². The lowest BCUT2D eigenvalue weighted by Crippen LogP contribution is -2.59. The van der Waals surface area contributed by atoms with Crippen LogP contribution in [-0.4, -0.2) is 59.0 Å². The minimum absolute atomic E-state index is 0.0695. The van der Waals surface area contributed by atoms with E-state index < -0.39 is 11.8 Å². The highest BCUT2D eigenvalue weighted by molar-refractivity contribution is 6.33. The molecule has 2 saturated heterocycles. The molecule has 2 aliphatic rings. The molecule has 37 heavy (non-hydrogen) atoms. The molecule has 2 aromatic carbocycles. The summed E-state index contributed by atoms with van der Waals surface area (Å²) in [5.41, 5.74) is 0.957. The zero-order valence-electron chi connectivity index (χ0n) is 20.5. The van der Waals surface area contributed by atoms with Crippen LogP contribution in [-0.2, 0) is 16.1 Å². The van der Waals surface area contributed by atoms with Gasteiger partial charge in [-0.1, -0.05) is 41.4 Å². The van der Waals surface area contributed by atoms with E-state index in [1.54, 1.807) is 64.6 Å². The lowest BCUT2D eigenvalue weighted by molar-refractivity contribution is -0.128. The Balaban J connectivity index is 1.37. The van der Waals surface area contributed by atoms with Crippen LogP contribution in [0, 0.1) is 6.92 Å². The maximum absolute atomic E-state index is 13.8. The van der Waals surface area contributed by atoms with Gasteiger partial charge in [-0.15, -0.1) is 0 Å². The molecule has 3 heterocycles. The Hall–Kier alpha value is -3.62. The van der Waals surface area contributed by atoms with Crippen LogP contribution in [0.2, 0.25) is 5.02 Å². The van der Waals surface area contributed by atoms with Crippen molar-refractivity contribution < 1.29 is 23.5 Å². The molecule has 1 N–H and O–H groups in total. The van der Waals surface area contributed by atoms with E-state index in [1.165, 1.54) is 0 Å². The van der Waals surface area contributed by atoms with Gasteiger partial charge >= 0.3 is 0 Å². The minimum atomic E-state index is -0.994. The zero-order chi connectivity index (χ0) is 26.0. The normalized spacial score (nSPS) is 18.7. The van der Waals surface area contributed by atoms with Crippen molar-refractivity contribution >= 4 is 29.3 Å².